The molecule has 0 spiro atoms. The van der Waals surface area contributed by atoms with Crippen LogP contribution in [-0.2, 0) is 9.59 Å². The van der Waals surface area contributed by atoms with Gasteiger partial charge in [0.2, 0.25) is 11.8 Å². The fraction of sp³-hybridized carbons (Fsp3) is 0.400. The molecular weight excluding hydrogens is 357 g/mol. The van der Waals surface area contributed by atoms with E-state index in [-0.39, 0.29) is 35.5 Å². The van der Waals surface area contributed by atoms with E-state index in [0.29, 0.717) is 15.7 Å². The molecule has 4 aliphatic rings. The molecule has 1 heterocycles. The highest BCUT2D eigenvalue weighted by atomic mass is 35.5. The maximum absolute atomic E-state index is 13.1. The van der Waals surface area contributed by atoms with Crippen LogP contribution in [0.1, 0.15) is 25.7 Å². The first kappa shape index (κ1) is 15.7. The number of imide groups is 1. The SMILES string of the molecule is O=C1[C@@H]2[C@@H](C(=O)N1c1ccc(Cl)c(Cl)c1)[C@H]1C=C[C@@H]2C1=C1CCCC1. The largest absolute Gasteiger partial charge is 0.274 e. The minimum atomic E-state index is -0.250. The fourth-order valence-electron chi connectivity index (χ4n) is 5.20. The van der Waals surface area contributed by atoms with E-state index in [2.05, 4.69) is 12.2 Å². The maximum Gasteiger partial charge on any atom is 0.238 e. The summed E-state index contributed by atoms with van der Waals surface area (Å²) in [6.45, 7) is 0. The van der Waals surface area contributed by atoms with Crippen LogP contribution in [-0.4, -0.2) is 11.8 Å². The minimum Gasteiger partial charge on any atom is -0.274 e. The summed E-state index contributed by atoms with van der Waals surface area (Å²) in [7, 11) is 0. The summed E-state index contributed by atoms with van der Waals surface area (Å²) in [5.41, 5.74) is 3.40. The summed E-state index contributed by atoms with van der Waals surface area (Å²) < 4.78 is 0. The molecule has 1 aromatic carbocycles. The van der Waals surface area contributed by atoms with Gasteiger partial charge in [-0.05, 0) is 43.9 Å². The molecule has 5 heteroatoms. The number of nitrogens with zero attached hydrogens (tertiary/aromatic N) is 1. The first-order valence-electron chi connectivity index (χ1n) is 8.81. The number of carbonyl (C=O) groups excluding carboxylic acids is 2. The topological polar surface area (TPSA) is 37.4 Å². The molecule has 2 saturated carbocycles. The van der Waals surface area contributed by atoms with Crippen LogP contribution in [0.25, 0.3) is 0 Å². The molecule has 1 aromatic rings. The molecule has 1 aliphatic heterocycles. The molecule has 0 unspecified atom stereocenters. The van der Waals surface area contributed by atoms with Crippen LogP contribution in [0.3, 0.4) is 0 Å². The Labute approximate surface area is 156 Å². The second-order valence-electron chi connectivity index (χ2n) is 7.36. The Kier molecular flexibility index (Phi) is 3.42. The van der Waals surface area contributed by atoms with Crippen molar-refractivity contribution in [2.24, 2.45) is 23.7 Å². The third kappa shape index (κ3) is 2.06. The van der Waals surface area contributed by atoms with Gasteiger partial charge in [-0.25, -0.2) is 4.90 Å². The van der Waals surface area contributed by atoms with Crippen molar-refractivity contribution in [1.29, 1.82) is 0 Å². The van der Waals surface area contributed by atoms with Crippen molar-refractivity contribution in [1.82, 2.24) is 0 Å². The van der Waals surface area contributed by atoms with Crippen molar-refractivity contribution in [3.05, 3.63) is 51.5 Å². The quantitative estimate of drug-likeness (QED) is 0.524. The average Bonchev–Trinajstić information content (AvgIpc) is 3.33. The Morgan fingerprint density at radius 1 is 0.880 bits per heavy atom. The van der Waals surface area contributed by atoms with E-state index in [9.17, 15) is 9.59 Å². The van der Waals surface area contributed by atoms with Crippen molar-refractivity contribution < 1.29 is 9.59 Å². The number of anilines is 1. The molecule has 0 aromatic heterocycles. The van der Waals surface area contributed by atoms with Gasteiger partial charge < -0.3 is 0 Å². The Hall–Kier alpha value is -1.58. The van der Waals surface area contributed by atoms with Gasteiger partial charge in [0.25, 0.3) is 0 Å². The predicted molar refractivity (Wildman–Crippen MR) is 97.5 cm³/mol. The lowest BCUT2D eigenvalue weighted by Crippen LogP contribution is -2.33. The maximum atomic E-state index is 13.1. The summed E-state index contributed by atoms with van der Waals surface area (Å²) in [6, 6.07) is 4.93. The number of hydrogen-bond donors (Lipinski definition) is 0. The lowest BCUT2D eigenvalue weighted by molar-refractivity contribution is -0.122. The van der Waals surface area contributed by atoms with Crippen LogP contribution >= 0.6 is 23.2 Å². The molecule has 2 bridgehead atoms. The van der Waals surface area contributed by atoms with Gasteiger partial charge in [-0.1, -0.05) is 46.5 Å². The summed E-state index contributed by atoms with van der Waals surface area (Å²) in [5.74, 6) is -0.484. The normalized spacial score (nSPS) is 33.1. The molecule has 2 amide bonds. The van der Waals surface area contributed by atoms with E-state index in [4.69, 9.17) is 23.2 Å². The van der Waals surface area contributed by atoms with Crippen LogP contribution < -0.4 is 4.90 Å². The Balaban J connectivity index is 1.55. The summed E-state index contributed by atoms with van der Waals surface area (Å²) >= 11 is 12.1. The fourth-order valence-corrected chi connectivity index (χ4v) is 5.50. The lowest BCUT2D eigenvalue weighted by atomic mass is 9.85. The Bertz CT molecular complexity index is 830. The number of halogens is 2. The summed E-state index contributed by atoms with van der Waals surface area (Å²) in [5, 5.41) is 0.770. The van der Waals surface area contributed by atoms with Crippen LogP contribution in [0.2, 0.25) is 10.0 Å². The molecule has 25 heavy (non-hydrogen) atoms. The molecule has 4 atom stereocenters. The molecule has 3 nitrogen and oxygen atoms in total. The van der Waals surface area contributed by atoms with Crippen LogP contribution in [0.15, 0.2) is 41.5 Å². The van der Waals surface area contributed by atoms with E-state index in [0.717, 1.165) is 12.8 Å². The van der Waals surface area contributed by atoms with Crippen molar-refractivity contribution in [2.75, 3.05) is 4.90 Å². The van der Waals surface area contributed by atoms with Gasteiger partial charge >= 0.3 is 0 Å². The molecule has 1 saturated heterocycles. The van der Waals surface area contributed by atoms with Crippen molar-refractivity contribution in [2.45, 2.75) is 25.7 Å². The van der Waals surface area contributed by atoms with Gasteiger partial charge in [-0.2, -0.15) is 0 Å². The van der Waals surface area contributed by atoms with E-state index in [1.807, 2.05) is 0 Å². The van der Waals surface area contributed by atoms with E-state index in [1.54, 1.807) is 18.2 Å². The van der Waals surface area contributed by atoms with Gasteiger partial charge in [0.05, 0.1) is 27.6 Å². The average molecular weight is 374 g/mol. The van der Waals surface area contributed by atoms with E-state index >= 15 is 0 Å². The zero-order chi connectivity index (χ0) is 17.3. The number of carbonyl (C=O) groups is 2. The van der Waals surface area contributed by atoms with Crippen LogP contribution in [0.4, 0.5) is 5.69 Å². The molecular formula is C20H17Cl2NO2. The van der Waals surface area contributed by atoms with E-state index < -0.39 is 0 Å². The Morgan fingerprint density at radius 2 is 1.48 bits per heavy atom. The van der Waals surface area contributed by atoms with Crippen LogP contribution in [0, 0.1) is 23.7 Å². The van der Waals surface area contributed by atoms with Gasteiger partial charge in [0.15, 0.2) is 0 Å². The van der Waals surface area contributed by atoms with Crippen molar-refractivity contribution >= 4 is 40.7 Å². The summed E-state index contributed by atoms with van der Waals surface area (Å²) in [4.78, 5) is 27.6. The predicted octanol–water partition coefficient (Wildman–Crippen LogP) is 4.79. The highest BCUT2D eigenvalue weighted by molar-refractivity contribution is 6.42. The first-order chi connectivity index (χ1) is 12.1. The molecule has 0 N–H and O–H groups in total. The van der Waals surface area contributed by atoms with Crippen molar-refractivity contribution in [3.8, 4) is 0 Å². The molecule has 3 aliphatic carbocycles. The number of hydrogen-bond acceptors (Lipinski definition) is 2. The molecule has 0 radical (unpaired) electrons. The first-order valence-corrected chi connectivity index (χ1v) is 9.56. The van der Waals surface area contributed by atoms with Crippen LogP contribution in [0.5, 0.6) is 0 Å². The number of rotatable bonds is 1. The number of benzene rings is 1. The number of allylic oxidation sites excluding steroid dienone is 4. The summed E-state index contributed by atoms with van der Waals surface area (Å²) in [6.07, 6.45) is 9.01. The minimum absolute atomic E-state index is 0.0960. The third-order valence-electron chi connectivity index (χ3n) is 6.19. The standard InChI is InChI=1S/C20H17Cl2NO2/c21-14-8-5-11(9-15(14)22)23-19(24)17-12-6-7-13(18(17)20(23)25)16(12)10-3-1-2-4-10/h5-9,12-13,17-18H,1-4H2/t12-,13+,17-,18-/m0/s1. The van der Waals surface area contributed by atoms with Gasteiger partial charge in [0.1, 0.15) is 0 Å². The molecule has 3 fully saturated rings. The molecule has 128 valence electrons. The number of amides is 2. The number of fused-ring (bicyclic) bond motifs is 5. The highest BCUT2D eigenvalue weighted by Gasteiger charge is 2.62. The smallest absolute Gasteiger partial charge is 0.238 e. The van der Waals surface area contributed by atoms with E-state index in [1.165, 1.54) is 28.9 Å². The van der Waals surface area contributed by atoms with Gasteiger partial charge in [-0.3, -0.25) is 9.59 Å². The van der Waals surface area contributed by atoms with Crippen molar-refractivity contribution in [3.63, 3.8) is 0 Å². The molecule has 5 rings (SSSR count). The zero-order valence-electron chi connectivity index (χ0n) is 13.5. The lowest BCUT2D eigenvalue weighted by Gasteiger charge is -2.20. The monoisotopic (exact) mass is 373 g/mol. The zero-order valence-corrected chi connectivity index (χ0v) is 15.1. The van der Waals surface area contributed by atoms with Gasteiger partial charge in [-0.15, -0.1) is 0 Å². The second-order valence-corrected chi connectivity index (χ2v) is 8.18. The highest BCUT2D eigenvalue weighted by Crippen LogP contribution is 2.58. The van der Waals surface area contributed by atoms with Gasteiger partial charge in [0, 0.05) is 11.8 Å². The Morgan fingerprint density at radius 3 is 2.04 bits per heavy atom. The third-order valence-corrected chi connectivity index (χ3v) is 6.93. The second kappa shape index (κ2) is 5.46.